The van der Waals surface area contributed by atoms with Crippen LogP contribution in [0, 0.1) is 0 Å². The van der Waals surface area contributed by atoms with Gasteiger partial charge in [0.25, 0.3) is 0 Å². The fourth-order valence-electron chi connectivity index (χ4n) is 2.32. The second kappa shape index (κ2) is 4.94. The molecule has 0 amide bonds. The number of thioether (sulfide) groups is 1. The molecule has 0 saturated carbocycles. The van der Waals surface area contributed by atoms with Crippen molar-refractivity contribution in [2.24, 2.45) is 0 Å². The Bertz CT molecular complexity index is 399. The van der Waals surface area contributed by atoms with E-state index in [0.29, 0.717) is 0 Å². The molecule has 3 nitrogen and oxygen atoms in total. The molecular weight excluding hydrogens is 300 g/mol. The van der Waals surface area contributed by atoms with Crippen LogP contribution in [0.4, 0.5) is 0 Å². The molecule has 1 aliphatic heterocycles. The third kappa shape index (κ3) is 2.42. The largest absolute Gasteiger partial charge is 0.385 e. The van der Waals surface area contributed by atoms with Crippen LogP contribution in [-0.2, 0) is 0 Å². The minimum absolute atomic E-state index is 0.0742. The highest BCUT2D eigenvalue weighted by Crippen LogP contribution is 2.48. The normalized spacial score (nSPS) is 26.7. The molecule has 0 aliphatic carbocycles. The zero-order valence-electron chi connectivity index (χ0n) is 10.5. The maximum atomic E-state index is 10.7. The first-order chi connectivity index (χ1) is 7.96. The minimum Gasteiger partial charge on any atom is -0.385 e. The van der Waals surface area contributed by atoms with E-state index >= 15 is 0 Å². The molecule has 1 saturated heterocycles. The second-order valence-corrected chi connectivity index (χ2v) is 7.57. The second-order valence-electron chi connectivity index (χ2n) is 5.08. The molecule has 2 atom stereocenters. The maximum Gasteiger partial charge on any atom is 0.111 e. The van der Waals surface area contributed by atoms with Gasteiger partial charge in [0.2, 0.25) is 0 Å². The van der Waals surface area contributed by atoms with Crippen molar-refractivity contribution >= 4 is 27.7 Å². The van der Waals surface area contributed by atoms with Gasteiger partial charge in [-0.05, 0) is 55.3 Å². The molecule has 1 aromatic heterocycles. The zero-order valence-corrected chi connectivity index (χ0v) is 12.9. The first kappa shape index (κ1) is 13.4. The van der Waals surface area contributed by atoms with Crippen molar-refractivity contribution in [1.29, 1.82) is 0 Å². The van der Waals surface area contributed by atoms with Gasteiger partial charge in [-0.25, -0.2) is 0 Å². The summed E-state index contributed by atoms with van der Waals surface area (Å²) in [5.74, 6) is 1.14. The van der Waals surface area contributed by atoms with Crippen LogP contribution in [-0.4, -0.2) is 25.4 Å². The van der Waals surface area contributed by atoms with Crippen LogP contribution in [0.25, 0.3) is 0 Å². The summed E-state index contributed by atoms with van der Waals surface area (Å²) >= 11 is 5.37. The van der Waals surface area contributed by atoms with Crippen molar-refractivity contribution in [2.45, 2.75) is 50.5 Å². The van der Waals surface area contributed by atoms with Crippen molar-refractivity contribution < 1.29 is 5.11 Å². The molecule has 0 aromatic carbocycles. The van der Waals surface area contributed by atoms with Crippen molar-refractivity contribution in [2.75, 3.05) is 5.75 Å². The van der Waals surface area contributed by atoms with E-state index in [4.69, 9.17) is 0 Å². The fourth-order valence-corrected chi connectivity index (χ4v) is 4.13. The number of halogens is 1. The standard InChI is InChI=1S/C12H19BrN2OS/c1-8(2)15-10(9(13)7-14-15)11(16)12(3)5-4-6-17-12/h7-8,11,16H,4-6H2,1-3H3. The van der Waals surface area contributed by atoms with Crippen LogP contribution >= 0.6 is 27.7 Å². The Labute approximate surface area is 115 Å². The predicted octanol–water partition coefficient (Wildman–Crippen LogP) is 3.55. The summed E-state index contributed by atoms with van der Waals surface area (Å²) in [6.07, 6.45) is 3.57. The Kier molecular flexibility index (Phi) is 3.90. The first-order valence-corrected chi connectivity index (χ1v) is 7.78. The van der Waals surface area contributed by atoms with Gasteiger partial charge in [-0.1, -0.05) is 0 Å². The number of hydrogen-bond acceptors (Lipinski definition) is 3. The molecular formula is C12H19BrN2OS. The number of aliphatic hydroxyl groups is 1. The number of hydrogen-bond donors (Lipinski definition) is 1. The molecule has 0 bridgehead atoms. The lowest BCUT2D eigenvalue weighted by Gasteiger charge is -2.30. The average Bonchev–Trinajstić information content (AvgIpc) is 2.85. The van der Waals surface area contributed by atoms with Gasteiger partial charge in [0.15, 0.2) is 0 Å². The summed E-state index contributed by atoms with van der Waals surface area (Å²) in [5.41, 5.74) is 0.914. The van der Waals surface area contributed by atoms with Gasteiger partial charge in [0.1, 0.15) is 6.10 Å². The summed E-state index contributed by atoms with van der Waals surface area (Å²) < 4.78 is 2.75. The number of aliphatic hydroxyl groups excluding tert-OH is 1. The lowest BCUT2D eigenvalue weighted by molar-refractivity contribution is 0.122. The van der Waals surface area contributed by atoms with Crippen LogP contribution < -0.4 is 0 Å². The van der Waals surface area contributed by atoms with Gasteiger partial charge in [0, 0.05) is 10.8 Å². The highest BCUT2D eigenvalue weighted by atomic mass is 79.9. The van der Waals surface area contributed by atoms with E-state index in [9.17, 15) is 5.11 Å². The monoisotopic (exact) mass is 318 g/mol. The van der Waals surface area contributed by atoms with Gasteiger partial charge in [-0.15, -0.1) is 0 Å². The maximum absolute atomic E-state index is 10.7. The number of rotatable bonds is 3. The molecule has 5 heteroatoms. The van der Waals surface area contributed by atoms with Crippen LogP contribution in [0.5, 0.6) is 0 Å². The Morgan fingerprint density at radius 3 is 2.82 bits per heavy atom. The third-order valence-electron chi connectivity index (χ3n) is 3.36. The van der Waals surface area contributed by atoms with Crippen molar-refractivity contribution in [3.63, 3.8) is 0 Å². The lowest BCUT2D eigenvalue weighted by Crippen LogP contribution is -2.29. The van der Waals surface area contributed by atoms with Crippen LogP contribution in [0.15, 0.2) is 10.7 Å². The summed E-state index contributed by atoms with van der Waals surface area (Å²) in [5, 5.41) is 15.0. The molecule has 1 aromatic rings. The SMILES string of the molecule is CC(C)n1ncc(Br)c1C(O)C1(C)CCCS1. The highest BCUT2D eigenvalue weighted by molar-refractivity contribution is 9.10. The molecule has 0 radical (unpaired) electrons. The van der Waals surface area contributed by atoms with Gasteiger partial charge in [0.05, 0.1) is 16.4 Å². The summed E-state index contributed by atoms with van der Waals surface area (Å²) in [4.78, 5) is 0. The van der Waals surface area contributed by atoms with E-state index in [-0.39, 0.29) is 10.8 Å². The molecule has 17 heavy (non-hydrogen) atoms. The first-order valence-electron chi connectivity index (χ1n) is 6.00. The van der Waals surface area contributed by atoms with E-state index in [0.717, 1.165) is 22.3 Å². The smallest absolute Gasteiger partial charge is 0.111 e. The Balaban J connectivity index is 2.36. The van der Waals surface area contributed by atoms with E-state index in [1.807, 2.05) is 16.4 Å². The Morgan fingerprint density at radius 1 is 1.59 bits per heavy atom. The quantitative estimate of drug-likeness (QED) is 0.926. The molecule has 2 rings (SSSR count). The Hall–Kier alpha value is -0.0000000000000000555. The van der Waals surface area contributed by atoms with Gasteiger partial charge >= 0.3 is 0 Å². The van der Waals surface area contributed by atoms with Gasteiger partial charge < -0.3 is 5.11 Å². The molecule has 0 spiro atoms. The molecule has 1 aliphatic rings. The minimum atomic E-state index is -0.464. The number of nitrogens with zero attached hydrogens (tertiary/aromatic N) is 2. The topological polar surface area (TPSA) is 38.0 Å². The van der Waals surface area contributed by atoms with Crippen molar-refractivity contribution in [3.05, 3.63) is 16.4 Å². The molecule has 1 N–H and O–H groups in total. The molecule has 1 fully saturated rings. The lowest BCUT2D eigenvalue weighted by atomic mass is 9.96. The summed E-state index contributed by atoms with van der Waals surface area (Å²) in [6.45, 7) is 6.32. The Morgan fingerprint density at radius 2 is 2.29 bits per heavy atom. The molecule has 2 unspecified atom stereocenters. The van der Waals surface area contributed by atoms with Crippen molar-refractivity contribution in [1.82, 2.24) is 9.78 Å². The van der Waals surface area contributed by atoms with E-state index in [2.05, 4.69) is 41.8 Å². The van der Waals surface area contributed by atoms with Gasteiger partial charge in [-0.2, -0.15) is 16.9 Å². The third-order valence-corrected chi connectivity index (χ3v) is 5.55. The average molecular weight is 319 g/mol. The van der Waals surface area contributed by atoms with Crippen molar-refractivity contribution in [3.8, 4) is 0 Å². The number of aromatic nitrogens is 2. The fraction of sp³-hybridized carbons (Fsp3) is 0.750. The van der Waals surface area contributed by atoms with Gasteiger partial charge in [-0.3, -0.25) is 4.68 Å². The summed E-state index contributed by atoms with van der Waals surface area (Å²) in [6, 6.07) is 0.265. The zero-order chi connectivity index (χ0) is 12.6. The summed E-state index contributed by atoms with van der Waals surface area (Å²) in [7, 11) is 0. The molecule has 96 valence electrons. The highest BCUT2D eigenvalue weighted by Gasteiger charge is 2.40. The van der Waals surface area contributed by atoms with Crippen LogP contribution in [0.2, 0.25) is 0 Å². The van der Waals surface area contributed by atoms with Crippen LogP contribution in [0.1, 0.15) is 51.5 Å². The van der Waals surface area contributed by atoms with Crippen LogP contribution in [0.3, 0.4) is 0 Å². The molecule has 2 heterocycles. The van der Waals surface area contributed by atoms with E-state index in [1.54, 1.807) is 6.20 Å². The van der Waals surface area contributed by atoms with E-state index in [1.165, 1.54) is 6.42 Å². The predicted molar refractivity (Wildman–Crippen MR) is 75.4 cm³/mol. The van der Waals surface area contributed by atoms with E-state index < -0.39 is 6.10 Å².